The van der Waals surface area contributed by atoms with E-state index in [4.69, 9.17) is 15.3 Å². The molecule has 0 saturated carbocycles. The Morgan fingerprint density at radius 2 is 1.19 bits per heavy atom. The van der Waals surface area contributed by atoms with Gasteiger partial charge in [0.1, 0.15) is 0 Å². The first kappa shape index (κ1) is 24.4. The highest BCUT2D eigenvalue weighted by molar-refractivity contribution is 5.85. The van der Waals surface area contributed by atoms with Gasteiger partial charge in [0.25, 0.3) is 0 Å². The zero-order chi connectivity index (χ0) is 17.6. The lowest BCUT2D eigenvalue weighted by Crippen LogP contribution is -2.27. The molecule has 124 valence electrons. The Hall–Kier alpha value is -1.66. The van der Waals surface area contributed by atoms with Crippen LogP contribution in [0, 0.1) is 0 Å². The number of aliphatic carboxylic acids is 2. The van der Waals surface area contributed by atoms with Gasteiger partial charge in [-0.15, -0.1) is 0 Å². The summed E-state index contributed by atoms with van der Waals surface area (Å²) in [5.41, 5.74) is -0.264. The van der Waals surface area contributed by atoms with Gasteiger partial charge < -0.3 is 20.4 Å². The van der Waals surface area contributed by atoms with Gasteiger partial charge in [0.05, 0.1) is 5.60 Å². The summed E-state index contributed by atoms with van der Waals surface area (Å²) in [6.45, 7) is 13.1. The largest absolute Gasteiger partial charge is 0.478 e. The minimum Gasteiger partial charge on any atom is -0.478 e. The molecule has 0 radical (unpaired) electrons. The quantitative estimate of drug-likeness (QED) is 0.559. The second kappa shape index (κ2) is 13.3. The van der Waals surface area contributed by atoms with E-state index in [2.05, 4.69) is 13.2 Å². The molecular weight excluding hydrogens is 276 g/mol. The van der Waals surface area contributed by atoms with Crippen molar-refractivity contribution in [1.82, 2.24) is 0 Å². The van der Waals surface area contributed by atoms with Crippen molar-refractivity contribution in [2.24, 2.45) is 0 Å². The first-order valence-electron chi connectivity index (χ1n) is 6.58. The fourth-order valence-electron chi connectivity index (χ4n) is 0.812. The van der Waals surface area contributed by atoms with Crippen LogP contribution in [-0.4, -0.2) is 44.6 Å². The van der Waals surface area contributed by atoms with Crippen molar-refractivity contribution in [2.45, 2.75) is 52.6 Å². The minimum absolute atomic E-state index is 0.0815. The van der Waals surface area contributed by atoms with Gasteiger partial charge in [0.15, 0.2) is 0 Å². The predicted molar refractivity (Wildman–Crippen MR) is 82.1 cm³/mol. The standard InChI is InChI=1S/C7H16O2.2C4H6O2/c1-3-7(9,4-2)5-6-8;2*1-3(2)4(5)6/h8-9H,3-6H2,1-2H3;2*1H2,2H3,(H,5,6). The average molecular weight is 304 g/mol. The number of hydrogen-bond donors (Lipinski definition) is 4. The first-order valence-corrected chi connectivity index (χ1v) is 6.58. The average Bonchev–Trinajstić information content (AvgIpc) is 2.40. The van der Waals surface area contributed by atoms with Crippen molar-refractivity contribution < 1.29 is 30.0 Å². The molecule has 0 fully saturated rings. The molecule has 0 aromatic rings. The highest BCUT2D eigenvalue weighted by Crippen LogP contribution is 2.17. The highest BCUT2D eigenvalue weighted by Gasteiger charge is 2.20. The van der Waals surface area contributed by atoms with E-state index in [1.54, 1.807) is 0 Å². The lowest BCUT2D eigenvalue weighted by Gasteiger charge is -2.23. The third kappa shape index (κ3) is 18.3. The molecular formula is C15H28O6. The van der Waals surface area contributed by atoms with Crippen LogP contribution in [-0.2, 0) is 9.59 Å². The molecule has 0 aromatic heterocycles. The molecule has 0 rings (SSSR count). The highest BCUT2D eigenvalue weighted by atomic mass is 16.4. The lowest BCUT2D eigenvalue weighted by molar-refractivity contribution is -0.133. The molecule has 0 aromatic carbocycles. The van der Waals surface area contributed by atoms with Crippen molar-refractivity contribution >= 4 is 11.9 Å². The van der Waals surface area contributed by atoms with E-state index in [0.29, 0.717) is 6.42 Å². The second-order valence-corrected chi connectivity index (χ2v) is 4.58. The van der Waals surface area contributed by atoms with Crippen molar-refractivity contribution in [1.29, 1.82) is 0 Å². The van der Waals surface area contributed by atoms with Crippen LogP contribution in [0.25, 0.3) is 0 Å². The number of aliphatic hydroxyl groups is 2. The van der Waals surface area contributed by atoms with Crippen molar-refractivity contribution in [2.75, 3.05) is 6.61 Å². The molecule has 0 bridgehead atoms. The van der Waals surface area contributed by atoms with E-state index in [-0.39, 0.29) is 17.8 Å². The summed E-state index contributed by atoms with van der Waals surface area (Å²) >= 11 is 0. The first-order chi connectivity index (χ1) is 9.47. The third-order valence-corrected chi connectivity index (χ3v) is 2.62. The van der Waals surface area contributed by atoms with Crippen molar-refractivity contribution in [3.8, 4) is 0 Å². The Bertz CT molecular complexity index is 294. The fourth-order valence-corrected chi connectivity index (χ4v) is 0.812. The summed E-state index contributed by atoms with van der Waals surface area (Å²) in [5.74, 6) is -1.87. The molecule has 0 atom stereocenters. The Kier molecular flexibility index (Phi) is 15.5. The van der Waals surface area contributed by atoms with Crippen LogP contribution in [0.1, 0.15) is 47.0 Å². The number of carbonyl (C=O) groups is 2. The van der Waals surface area contributed by atoms with Crippen molar-refractivity contribution in [3.05, 3.63) is 24.3 Å². The predicted octanol–water partition coefficient (Wildman–Crippen LogP) is 2.21. The number of carboxylic acid groups (broad SMARTS) is 2. The molecule has 0 aliphatic rings. The summed E-state index contributed by atoms with van der Waals surface area (Å²) in [5, 5.41) is 33.8. The zero-order valence-corrected chi connectivity index (χ0v) is 13.3. The fraction of sp³-hybridized carbons (Fsp3) is 0.600. The third-order valence-electron chi connectivity index (χ3n) is 2.62. The smallest absolute Gasteiger partial charge is 0.330 e. The van der Waals surface area contributed by atoms with Crippen LogP contribution >= 0.6 is 0 Å². The summed E-state index contributed by atoms with van der Waals surface area (Å²) < 4.78 is 0. The van der Waals surface area contributed by atoms with Gasteiger partial charge in [0.2, 0.25) is 0 Å². The van der Waals surface area contributed by atoms with Crippen LogP contribution < -0.4 is 0 Å². The topological polar surface area (TPSA) is 115 Å². The molecule has 0 unspecified atom stereocenters. The molecule has 0 spiro atoms. The summed E-state index contributed by atoms with van der Waals surface area (Å²) in [7, 11) is 0. The van der Waals surface area contributed by atoms with Gasteiger partial charge in [-0.3, -0.25) is 0 Å². The molecule has 4 N–H and O–H groups in total. The summed E-state index contributed by atoms with van der Waals surface area (Å²) in [6, 6.07) is 0. The minimum atomic E-state index is -0.935. The van der Waals surface area contributed by atoms with E-state index in [9.17, 15) is 14.7 Å². The molecule has 6 heteroatoms. The van der Waals surface area contributed by atoms with E-state index in [0.717, 1.165) is 12.8 Å². The maximum atomic E-state index is 9.60. The molecule has 0 heterocycles. The Morgan fingerprint density at radius 1 is 0.952 bits per heavy atom. The SMILES string of the molecule is C=C(C)C(=O)O.C=C(C)C(=O)O.CCC(O)(CC)CCO. The van der Waals surface area contributed by atoms with Crippen LogP contribution in [0.2, 0.25) is 0 Å². The van der Waals surface area contributed by atoms with Crippen LogP contribution in [0.3, 0.4) is 0 Å². The van der Waals surface area contributed by atoms with Gasteiger partial charge in [-0.05, 0) is 33.1 Å². The van der Waals surface area contributed by atoms with E-state index < -0.39 is 17.5 Å². The maximum absolute atomic E-state index is 9.60. The second-order valence-electron chi connectivity index (χ2n) is 4.58. The Balaban J connectivity index is -0.000000240. The number of rotatable bonds is 6. The molecule has 0 amide bonds. The maximum Gasteiger partial charge on any atom is 0.330 e. The molecule has 21 heavy (non-hydrogen) atoms. The van der Waals surface area contributed by atoms with E-state index in [1.807, 2.05) is 13.8 Å². The van der Waals surface area contributed by atoms with Gasteiger partial charge in [-0.2, -0.15) is 0 Å². The molecule has 0 aliphatic heterocycles. The summed E-state index contributed by atoms with van der Waals surface area (Å²) in [6.07, 6.45) is 1.95. The number of hydrogen-bond acceptors (Lipinski definition) is 4. The van der Waals surface area contributed by atoms with Crippen molar-refractivity contribution in [3.63, 3.8) is 0 Å². The Labute approximate surface area is 126 Å². The number of carboxylic acids is 2. The van der Waals surface area contributed by atoms with Crippen LogP contribution in [0.15, 0.2) is 24.3 Å². The van der Waals surface area contributed by atoms with Crippen LogP contribution in [0.4, 0.5) is 0 Å². The van der Waals surface area contributed by atoms with E-state index >= 15 is 0 Å². The zero-order valence-electron chi connectivity index (χ0n) is 13.3. The van der Waals surface area contributed by atoms with Gasteiger partial charge in [-0.1, -0.05) is 27.0 Å². The number of aliphatic hydroxyl groups excluding tert-OH is 1. The van der Waals surface area contributed by atoms with Gasteiger partial charge >= 0.3 is 11.9 Å². The summed E-state index contributed by atoms with van der Waals surface area (Å²) in [4.78, 5) is 19.2. The monoisotopic (exact) mass is 304 g/mol. The van der Waals surface area contributed by atoms with Gasteiger partial charge in [-0.25, -0.2) is 9.59 Å². The molecule has 0 saturated heterocycles. The normalized spacial score (nSPS) is 9.43. The van der Waals surface area contributed by atoms with E-state index in [1.165, 1.54) is 13.8 Å². The lowest BCUT2D eigenvalue weighted by atomic mass is 9.94. The molecule has 0 aliphatic carbocycles. The Morgan fingerprint density at radius 3 is 1.24 bits per heavy atom. The van der Waals surface area contributed by atoms with Gasteiger partial charge in [0, 0.05) is 17.8 Å². The van der Waals surface area contributed by atoms with Crippen LogP contribution in [0.5, 0.6) is 0 Å². The molecule has 6 nitrogen and oxygen atoms in total.